The summed E-state index contributed by atoms with van der Waals surface area (Å²) in [5.74, 6) is 1.56. The molecule has 1 fully saturated rings. The first-order valence-electron chi connectivity index (χ1n) is 9.34. The minimum absolute atomic E-state index is 0.0494. The fourth-order valence-corrected chi connectivity index (χ4v) is 3.19. The molecule has 0 aliphatic carbocycles. The molecule has 1 aromatic rings. The smallest absolute Gasteiger partial charge is 0.220 e. The molecule has 0 saturated carbocycles. The van der Waals surface area contributed by atoms with Crippen molar-refractivity contribution in [1.82, 2.24) is 4.90 Å². The van der Waals surface area contributed by atoms with Gasteiger partial charge in [0.2, 0.25) is 5.91 Å². The van der Waals surface area contributed by atoms with Crippen molar-refractivity contribution >= 4 is 17.6 Å². The maximum Gasteiger partial charge on any atom is 0.220 e. The van der Waals surface area contributed by atoms with E-state index in [0.29, 0.717) is 24.0 Å². The number of nitrogens with zero attached hydrogens (tertiary/aromatic N) is 2. The second-order valence-corrected chi connectivity index (χ2v) is 6.69. The molecule has 1 saturated heterocycles. The first kappa shape index (κ1) is 20.8. The van der Waals surface area contributed by atoms with Crippen molar-refractivity contribution in [1.29, 1.82) is 0 Å². The summed E-state index contributed by atoms with van der Waals surface area (Å²) in [6, 6.07) is 5.49. The van der Waals surface area contributed by atoms with E-state index < -0.39 is 0 Å². The number of rotatable bonds is 9. The van der Waals surface area contributed by atoms with Gasteiger partial charge < -0.3 is 31.2 Å². The Kier molecular flexibility index (Phi) is 8.19. The molecule has 1 heterocycles. The van der Waals surface area contributed by atoms with E-state index in [4.69, 9.17) is 20.9 Å². The zero-order valence-electron chi connectivity index (χ0n) is 16.2. The van der Waals surface area contributed by atoms with Gasteiger partial charge in [0.1, 0.15) is 0 Å². The molecule has 1 amide bonds. The van der Waals surface area contributed by atoms with E-state index >= 15 is 0 Å². The van der Waals surface area contributed by atoms with Gasteiger partial charge in [-0.05, 0) is 57.5 Å². The van der Waals surface area contributed by atoms with E-state index in [1.54, 1.807) is 14.2 Å². The Morgan fingerprint density at radius 3 is 2.52 bits per heavy atom. The fourth-order valence-electron chi connectivity index (χ4n) is 3.19. The van der Waals surface area contributed by atoms with Gasteiger partial charge in [-0.15, -0.1) is 0 Å². The van der Waals surface area contributed by atoms with Crippen LogP contribution >= 0.6 is 0 Å². The van der Waals surface area contributed by atoms with Crippen molar-refractivity contribution in [2.75, 3.05) is 45.7 Å². The summed E-state index contributed by atoms with van der Waals surface area (Å²) in [5.41, 5.74) is 12.1. The lowest BCUT2D eigenvalue weighted by atomic mass is 9.96. The zero-order valence-corrected chi connectivity index (χ0v) is 16.2. The highest BCUT2D eigenvalue weighted by Crippen LogP contribution is 2.29. The molecule has 1 aliphatic rings. The molecule has 0 unspecified atom stereocenters. The number of aliphatic imine (C=N–C) groups is 1. The number of amides is 1. The summed E-state index contributed by atoms with van der Waals surface area (Å²) < 4.78 is 10.5. The van der Waals surface area contributed by atoms with Crippen LogP contribution in [0.15, 0.2) is 23.2 Å². The van der Waals surface area contributed by atoms with Crippen LogP contribution in [0, 0.1) is 5.92 Å². The number of anilines is 1. The third-order valence-electron chi connectivity index (χ3n) is 4.81. The van der Waals surface area contributed by atoms with Crippen LogP contribution in [-0.4, -0.2) is 57.2 Å². The number of carbonyl (C=O) groups excluding carboxylic acids is 1. The van der Waals surface area contributed by atoms with Crippen molar-refractivity contribution in [3.05, 3.63) is 18.2 Å². The Bertz CT molecular complexity index is 642. The predicted octanol–water partition coefficient (Wildman–Crippen LogP) is 1.41. The zero-order chi connectivity index (χ0) is 19.6. The Labute approximate surface area is 160 Å². The Balaban J connectivity index is 1.67. The number of nitrogens with two attached hydrogens (primary N) is 2. The van der Waals surface area contributed by atoms with Gasteiger partial charge in [-0.25, -0.2) is 0 Å². The van der Waals surface area contributed by atoms with E-state index in [2.05, 4.69) is 15.2 Å². The maximum absolute atomic E-state index is 11.2. The quantitative estimate of drug-likeness (QED) is 0.340. The Hall–Kier alpha value is -2.48. The average molecular weight is 377 g/mol. The molecule has 0 aromatic heterocycles. The number of ether oxygens (including phenoxy) is 2. The molecule has 1 aromatic carbocycles. The molecular weight excluding hydrogens is 346 g/mol. The molecule has 0 atom stereocenters. The molecule has 27 heavy (non-hydrogen) atoms. The van der Waals surface area contributed by atoms with Gasteiger partial charge in [0.05, 0.1) is 14.2 Å². The van der Waals surface area contributed by atoms with Gasteiger partial charge in [-0.3, -0.25) is 9.79 Å². The van der Waals surface area contributed by atoms with E-state index in [1.165, 1.54) is 0 Å². The summed E-state index contributed by atoms with van der Waals surface area (Å²) in [4.78, 5) is 17.9. The van der Waals surface area contributed by atoms with Crippen LogP contribution in [0.2, 0.25) is 0 Å². The maximum atomic E-state index is 11.2. The average Bonchev–Trinajstić information content (AvgIpc) is 2.68. The summed E-state index contributed by atoms with van der Waals surface area (Å²) >= 11 is 0. The lowest BCUT2D eigenvalue weighted by Crippen LogP contribution is -2.38. The van der Waals surface area contributed by atoms with Gasteiger partial charge >= 0.3 is 0 Å². The van der Waals surface area contributed by atoms with Crippen LogP contribution in [0.25, 0.3) is 0 Å². The van der Waals surface area contributed by atoms with Crippen LogP contribution in [0.1, 0.15) is 25.7 Å². The number of hydrogen-bond acceptors (Lipinski definition) is 5. The van der Waals surface area contributed by atoms with Crippen LogP contribution in [0.5, 0.6) is 11.5 Å². The third-order valence-corrected chi connectivity index (χ3v) is 4.81. The van der Waals surface area contributed by atoms with Crippen molar-refractivity contribution in [2.45, 2.75) is 25.7 Å². The topological polar surface area (TPSA) is 115 Å². The normalized spacial score (nSPS) is 16.1. The number of likely N-dealkylation sites (tertiary alicyclic amines) is 1. The van der Waals surface area contributed by atoms with Crippen molar-refractivity contribution < 1.29 is 14.3 Å². The number of primary amides is 1. The largest absolute Gasteiger partial charge is 0.493 e. The van der Waals surface area contributed by atoms with E-state index in [1.807, 2.05) is 18.2 Å². The minimum atomic E-state index is -0.165. The Morgan fingerprint density at radius 1 is 1.19 bits per heavy atom. The van der Waals surface area contributed by atoms with Gasteiger partial charge in [-0.1, -0.05) is 0 Å². The molecule has 0 bridgehead atoms. The van der Waals surface area contributed by atoms with E-state index in [9.17, 15) is 4.79 Å². The Morgan fingerprint density at radius 2 is 1.89 bits per heavy atom. The van der Waals surface area contributed by atoms with Gasteiger partial charge in [0.15, 0.2) is 17.5 Å². The van der Waals surface area contributed by atoms with Gasteiger partial charge in [-0.2, -0.15) is 0 Å². The summed E-state index contributed by atoms with van der Waals surface area (Å²) in [7, 11) is 3.19. The molecule has 0 spiro atoms. The number of hydrogen-bond donors (Lipinski definition) is 3. The molecule has 150 valence electrons. The lowest BCUT2D eigenvalue weighted by Gasteiger charge is -2.30. The van der Waals surface area contributed by atoms with Gasteiger partial charge in [0, 0.05) is 24.2 Å². The van der Waals surface area contributed by atoms with Gasteiger partial charge in [0.25, 0.3) is 0 Å². The van der Waals surface area contributed by atoms with Crippen LogP contribution in [0.3, 0.4) is 0 Å². The number of carbonyl (C=O) groups is 1. The predicted molar refractivity (Wildman–Crippen MR) is 107 cm³/mol. The first-order valence-corrected chi connectivity index (χ1v) is 9.34. The second-order valence-electron chi connectivity index (χ2n) is 6.69. The lowest BCUT2D eigenvalue weighted by molar-refractivity contribution is -0.123. The number of unbranched alkanes of at least 4 members (excludes halogenated alkanes) is 1. The molecule has 8 heteroatoms. The fraction of sp³-hybridized carbons (Fsp3) is 0.579. The number of methoxy groups -OCH3 is 2. The van der Waals surface area contributed by atoms with E-state index in [-0.39, 0.29) is 11.8 Å². The van der Waals surface area contributed by atoms with Crippen molar-refractivity contribution in [3.8, 4) is 11.5 Å². The van der Waals surface area contributed by atoms with Crippen molar-refractivity contribution in [2.24, 2.45) is 22.4 Å². The monoisotopic (exact) mass is 377 g/mol. The SMILES string of the molecule is COc1ccc(NC(N)=NCCCCN2CCC(C(N)=O)CC2)cc1OC. The second kappa shape index (κ2) is 10.6. The highest BCUT2D eigenvalue weighted by atomic mass is 16.5. The van der Waals surface area contributed by atoms with Crippen LogP contribution in [0.4, 0.5) is 5.69 Å². The molecule has 1 aliphatic heterocycles. The minimum Gasteiger partial charge on any atom is -0.493 e. The molecule has 5 N–H and O–H groups in total. The number of piperidine rings is 1. The highest BCUT2D eigenvalue weighted by molar-refractivity contribution is 5.92. The highest BCUT2D eigenvalue weighted by Gasteiger charge is 2.22. The van der Waals surface area contributed by atoms with Crippen molar-refractivity contribution in [3.63, 3.8) is 0 Å². The molecular formula is C19H31N5O3. The number of benzene rings is 1. The molecule has 8 nitrogen and oxygen atoms in total. The standard InChI is InChI=1S/C19H31N5O3/c1-26-16-6-5-15(13-17(16)27-2)23-19(21)22-9-3-4-10-24-11-7-14(8-12-24)18(20)25/h5-6,13-14H,3-4,7-12H2,1-2H3,(H2,20,25)(H3,21,22,23). The molecule has 0 radical (unpaired) electrons. The third kappa shape index (κ3) is 6.63. The summed E-state index contributed by atoms with van der Waals surface area (Å²) in [6.07, 6.45) is 3.75. The van der Waals surface area contributed by atoms with Crippen LogP contribution < -0.4 is 26.3 Å². The first-order chi connectivity index (χ1) is 13.0. The molecule has 2 rings (SSSR count). The van der Waals surface area contributed by atoms with E-state index in [0.717, 1.165) is 51.0 Å². The van der Waals surface area contributed by atoms with Crippen LogP contribution in [-0.2, 0) is 4.79 Å². The number of nitrogens with one attached hydrogen (secondary N) is 1. The summed E-state index contributed by atoms with van der Waals surface area (Å²) in [6.45, 7) is 3.58. The number of guanidine groups is 1. The summed E-state index contributed by atoms with van der Waals surface area (Å²) in [5, 5.41) is 3.06.